The Morgan fingerprint density at radius 2 is 2.25 bits per heavy atom. The summed E-state index contributed by atoms with van der Waals surface area (Å²) in [6.45, 7) is 1.99. The van der Waals surface area contributed by atoms with Crippen molar-refractivity contribution in [3.05, 3.63) is 35.9 Å². The molecule has 0 unspecified atom stereocenters. The standard InChI is InChI=1S/C12H12ClNO2/c1-8-3-4-9(5-10(8)15-2)11-7-14-12(6-13)16-11/h3-5,7H,6H2,1-2H3. The fourth-order valence-corrected chi connectivity index (χ4v) is 1.60. The van der Waals surface area contributed by atoms with Crippen molar-refractivity contribution < 1.29 is 9.15 Å². The van der Waals surface area contributed by atoms with Gasteiger partial charge in [0.05, 0.1) is 19.2 Å². The lowest BCUT2D eigenvalue weighted by atomic mass is 10.1. The SMILES string of the molecule is COc1cc(-c2cnc(CCl)o2)ccc1C. The van der Waals surface area contributed by atoms with Crippen LogP contribution in [0, 0.1) is 6.92 Å². The lowest BCUT2D eigenvalue weighted by molar-refractivity contribution is 0.411. The van der Waals surface area contributed by atoms with Gasteiger partial charge in [0.15, 0.2) is 5.76 Å². The average molecular weight is 238 g/mol. The molecule has 0 saturated carbocycles. The summed E-state index contributed by atoms with van der Waals surface area (Å²) in [5.41, 5.74) is 2.02. The van der Waals surface area contributed by atoms with Crippen molar-refractivity contribution in [2.24, 2.45) is 0 Å². The molecule has 0 bridgehead atoms. The van der Waals surface area contributed by atoms with Gasteiger partial charge < -0.3 is 9.15 Å². The molecule has 0 fully saturated rings. The lowest BCUT2D eigenvalue weighted by Crippen LogP contribution is -1.87. The third-order valence-electron chi connectivity index (χ3n) is 2.36. The number of ether oxygens (including phenoxy) is 1. The minimum absolute atomic E-state index is 0.281. The Kier molecular flexibility index (Phi) is 3.15. The number of aryl methyl sites for hydroxylation is 1. The largest absolute Gasteiger partial charge is 0.496 e. The smallest absolute Gasteiger partial charge is 0.209 e. The molecule has 0 atom stereocenters. The quantitative estimate of drug-likeness (QED) is 0.768. The Morgan fingerprint density at radius 1 is 1.44 bits per heavy atom. The zero-order valence-corrected chi connectivity index (χ0v) is 9.91. The molecule has 0 N–H and O–H groups in total. The molecule has 0 aliphatic rings. The molecule has 0 saturated heterocycles. The van der Waals surface area contributed by atoms with Gasteiger partial charge in [-0.05, 0) is 18.6 Å². The van der Waals surface area contributed by atoms with Crippen LogP contribution >= 0.6 is 11.6 Å². The number of oxazole rings is 1. The molecule has 0 aliphatic carbocycles. The van der Waals surface area contributed by atoms with E-state index >= 15 is 0 Å². The highest BCUT2D eigenvalue weighted by Gasteiger charge is 2.07. The first-order chi connectivity index (χ1) is 7.74. The van der Waals surface area contributed by atoms with E-state index < -0.39 is 0 Å². The third kappa shape index (κ3) is 2.04. The minimum atomic E-state index is 0.281. The highest BCUT2D eigenvalue weighted by molar-refractivity contribution is 6.16. The molecule has 0 amide bonds. The number of rotatable bonds is 3. The normalized spacial score (nSPS) is 10.4. The lowest BCUT2D eigenvalue weighted by Gasteiger charge is -2.05. The van der Waals surface area contributed by atoms with Crippen LogP contribution < -0.4 is 4.74 Å². The molecular weight excluding hydrogens is 226 g/mol. The second-order valence-electron chi connectivity index (χ2n) is 3.44. The van der Waals surface area contributed by atoms with Crippen molar-refractivity contribution in [2.45, 2.75) is 12.8 Å². The van der Waals surface area contributed by atoms with E-state index in [2.05, 4.69) is 4.98 Å². The van der Waals surface area contributed by atoms with Gasteiger partial charge in [-0.3, -0.25) is 0 Å². The Hall–Kier alpha value is -1.48. The van der Waals surface area contributed by atoms with Gasteiger partial charge in [-0.25, -0.2) is 4.98 Å². The van der Waals surface area contributed by atoms with Gasteiger partial charge >= 0.3 is 0 Å². The molecule has 2 aromatic rings. The van der Waals surface area contributed by atoms with E-state index in [1.165, 1.54) is 0 Å². The molecule has 0 radical (unpaired) electrons. The summed E-state index contributed by atoms with van der Waals surface area (Å²) in [5.74, 6) is 2.34. The number of alkyl halides is 1. The summed E-state index contributed by atoms with van der Waals surface area (Å²) in [5, 5.41) is 0. The molecular formula is C12H12ClNO2. The van der Waals surface area contributed by atoms with Crippen LogP contribution in [0.1, 0.15) is 11.5 Å². The highest BCUT2D eigenvalue weighted by Crippen LogP contribution is 2.27. The molecule has 3 nitrogen and oxygen atoms in total. The van der Waals surface area contributed by atoms with Gasteiger partial charge in [0.1, 0.15) is 5.75 Å². The zero-order chi connectivity index (χ0) is 11.5. The molecule has 1 aromatic carbocycles. The Bertz CT molecular complexity index is 494. The summed E-state index contributed by atoms with van der Waals surface area (Å²) in [6, 6.07) is 5.88. The molecule has 1 aromatic heterocycles. The number of benzene rings is 1. The van der Waals surface area contributed by atoms with E-state index in [0.717, 1.165) is 16.9 Å². The van der Waals surface area contributed by atoms with Gasteiger partial charge in [0.25, 0.3) is 0 Å². The molecule has 0 aliphatic heterocycles. The van der Waals surface area contributed by atoms with E-state index in [1.807, 2.05) is 25.1 Å². The fourth-order valence-electron chi connectivity index (χ4n) is 1.48. The van der Waals surface area contributed by atoms with Crippen LogP contribution in [-0.2, 0) is 5.88 Å². The zero-order valence-electron chi connectivity index (χ0n) is 9.16. The monoisotopic (exact) mass is 237 g/mol. The van der Waals surface area contributed by atoms with Crippen molar-refractivity contribution in [3.63, 3.8) is 0 Å². The fraction of sp³-hybridized carbons (Fsp3) is 0.250. The molecule has 1 heterocycles. The molecule has 2 rings (SSSR count). The van der Waals surface area contributed by atoms with Crippen LogP contribution in [0.15, 0.2) is 28.8 Å². The van der Waals surface area contributed by atoms with E-state index in [9.17, 15) is 0 Å². The molecule has 16 heavy (non-hydrogen) atoms. The van der Waals surface area contributed by atoms with E-state index in [1.54, 1.807) is 13.3 Å². The second kappa shape index (κ2) is 4.58. The summed E-state index contributed by atoms with van der Waals surface area (Å²) < 4.78 is 10.7. The number of hydrogen-bond acceptors (Lipinski definition) is 3. The summed E-state index contributed by atoms with van der Waals surface area (Å²) in [7, 11) is 1.65. The number of methoxy groups -OCH3 is 1. The van der Waals surface area contributed by atoms with Gasteiger partial charge in [-0.15, -0.1) is 11.6 Å². The highest BCUT2D eigenvalue weighted by atomic mass is 35.5. The van der Waals surface area contributed by atoms with Crippen molar-refractivity contribution in [2.75, 3.05) is 7.11 Å². The summed E-state index contributed by atoms with van der Waals surface area (Å²) in [6.07, 6.45) is 1.67. The van der Waals surface area contributed by atoms with Crippen LogP contribution in [-0.4, -0.2) is 12.1 Å². The maximum Gasteiger partial charge on any atom is 0.209 e. The van der Waals surface area contributed by atoms with Crippen LogP contribution in [0.4, 0.5) is 0 Å². The van der Waals surface area contributed by atoms with Crippen LogP contribution in [0.5, 0.6) is 5.75 Å². The maximum atomic E-state index is 5.63. The number of hydrogen-bond donors (Lipinski definition) is 0. The third-order valence-corrected chi connectivity index (χ3v) is 2.59. The second-order valence-corrected chi connectivity index (χ2v) is 3.70. The van der Waals surface area contributed by atoms with Crippen molar-refractivity contribution >= 4 is 11.6 Å². The summed E-state index contributed by atoms with van der Waals surface area (Å²) >= 11 is 5.63. The molecule has 4 heteroatoms. The Morgan fingerprint density at radius 3 is 2.88 bits per heavy atom. The van der Waals surface area contributed by atoms with Gasteiger partial charge in [0.2, 0.25) is 5.89 Å². The predicted molar refractivity (Wildman–Crippen MR) is 62.8 cm³/mol. The van der Waals surface area contributed by atoms with E-state index in [4.69, 9.17) is 20.8 Å². The topological polar surface area (TPSA) is 35.3 Å². The van der Waals surface area contributed by atoms with Crippen LogP contribution in [0.25, 0.3) is 11.3 Å². The average Bonchev–Trinajstić information content (AvgIpc) is 2.78. The maximum absolute atomic E-state index is 5.63. The first-order valence-electron chi connectivity index (χ1n) is 4.90. The van der Waals surface area contributed by atoms with E-state index in [-0.39, 0.29) is 5.88 Å². The first kappa shape index (κ1) is 11.0. The predicted octanol–water partition coefficient (Wildman–Crippen LogP) is 3.40. The molecule has 84 valence electrons. The first-order valence-corrected chi connectivity index (χ1v) is 5.43. The molecule has 0 spiro atoms. The van der Waals surface area contributed by atoms with Crippen molar-refractivity contribution in [3.8, 4) is 17.1 Å². The number of halogens is 1. The number of nitrogens with zero attached hydrogens (tertiary/aromatic N) is 1. The minimum Gasteiger partial charge on any atom is -0.496 e. The van der Waals surface area contributed by atoms with Crippen molar-refractivity contribution in [1.29, 1.82) is 0 Å². The van der Waals surface area contributed by atoms with Gasteiger partial charge in [-0.1, -0.05) is 12.1 Å². The van der Waals surface area contributed by atoms with Crippen LogP contribution in [0.3, 0.4) is 0 Å². The Balaban J connectivity index is 2.40. The Labute approximate surface area is 99.0 Å². The summed E-state index contributed by atoms with van der Waals surface area (Å²) in [4.78, 5) is 4.05. The van der Waals surface area contributed by atoms with E-state index in [0.29, 0.717) is 11.7 Å². The van der Waals surface area contributed by atoms with Crippen LogP contribution in [0.2, 0.25) is 0 Å². The van der Waals surface area contributed by atoms with Crippen molar-refractivity contribution in [1.82, 2.24) is 4.98 Å². The van der Waals surface area contributed by atoms with Gasteiger partial charge in [-0.2, -0.15) is 0 Å². The number of aromatic nitrogens is 1. The van der Waals surface area contributed by atoms with Gasteiger partial charge in [0, 0.05) is 5.56 Å².